The van der Waals surface area contributed by atoms with Gasteiger partial charge in [-0.3, -0.25) is 9.98 Å². The molecule has 0 bridgehead atoms. The van der Waals surface area contributed by atoms with Gasteiger partial charge in [-0.2, -0.15) is 0 Å². The fourth-order valence-corrected chi connectivity index (χ4v) is 4.89. The monoisotopic (exact) mass is 433 g/mol. The molecule has 2 heterocycles. The number of thioether (sulfide) groups is 1. The number of nitrogens with two attached hydrogens (primary N) is 1. The summed E-state index contributed by atoms with van der Waals surface area (Å²) in [5.41, 5.74) is 6.73. The third-order valence-corrected chi connectivity index (χ3v) is 5.96. The second-order valence-electron chi connectivity index (χ2n) is 6.56. The van der Waals surface area contributed by atoms with Gasteiger partial charge in [0.1, 0.15) is 11.6 Å². The lowest BCUT2D eigenvalue weighted by atomic mass is 9.80. The first-order valence-electron chi connectivity index (χ1n) is 8.05. The highest BCUT2D eigenvalue weighted by atomic mass is 35.5. The summed E-state index contributed by atoms with van der Waals surface area (Å²) in [7, 11) is 0. The average Bonchev–Trinajstić information content (AvgIpc) is 2.91. The van der Waals surface area contributed by atoms with Crippen LogP contribution in [0.4, 0.5) is 8.78 Å². The Kier molecular flexibility index (Phi) is 6.73. The molecule has 1 saturated carbocycles. The molecule has 146 valence electrons. The van der Waals surface area contributed by atoms with Gasteiger partial charge in [0.05, 0.1) is 17.8 Å². The van der Waals surface area contributed by atoms with Gasteiger partial charge in [-0.05, 0) is 30.2 Å². The normalized spacial score (nSPS) is 26.4. The summed E-state index contributed by atoms with van der Waals surface area (Å²) in [4.78, 5) is 8.46. The van der Waals surface area contributed by atoms with Crippen molar-refractivity contribution in [3.05, 3.63) is 53.9 Å². The van der Waals surface area contributed by atoms with Crippen molar-refractivity contribution in [1.82, 2.24) is 4.98 Å². The molecule has 1 aliphatic heterocycles. The van der Waals surface area contributed by atoms with Crippen molar-refractivity contribution in [2.45, 2.75) is 24.5 Å². The van der Waals surface area contributed by atoms with Crippen LogP contribution in [0.5, 0.6) is 0 Å². The van der Waals surface area contributed by atoms with Crippen LogP contribution < -0.4 is 5.73 Å². The Labute approximate surface area is 172 Å². The summed E-state index contributed by atoms with van der Waals surface area (Å²) in [6.45, 7) is 0. The number of amidine groups is 1. The molecule has 9 heteroatoms. The number of aromatic nitrogens is 1. The fourth-order valence-electron chi connectivity index (χ4n) is 3.88. The Hall–Kier alpha value is -1.41. The first kappa shape index (κ1) is 21.9. The number of benzene rings is 1. The van der Waals surface area contributed by atoms with Gasteiger partial charge in [0.15, 0.2) is 5.17 Å². The number of nitrogens with zero attached hydrogens (tertiary/aromatic N) is 2. The molecule has 2 aliphatic rings. The molecule has 3 atom stereocenters. The van der Waals surface area contributed by atoms with E-state index in [2.05, 4.69) is 9.98 Å². The van der Waals surface area contributed by atoms with Crippen LogP contribution in [-0.4, -0.2) is 27.1 Å². The summed E-state index contributed by atoms with van der Waals surface area (Å²) in [5, 5.41) is 10.7. The Bertz CT molecular complexity index is 870. The molecule has 2 aromatic rings. The van der Waals surface area contributed by atoms with Crippen molar-refractivity contribution >= 4 is 41.7 Å². The quantitative estimate of drug-likeness (QED) is 0.752. The Morgan fingerprint density at radius 1 is 1.19 bits per heavy atom. The maximum atomic E-state index is 14.4. The van der Waals surface area contributed by atoms with E-state index in [9.17, 15) is 13.9 Å². The van der Waals surface area contributed by atoms with E-state index in [1.165, 1.54) is 30.1 Å². The molecule has 0 spiro atoms. The van der Waals surface area contributed by atoms with E-state index >= 15 is 0 Å². The topological polar surface area (TPSA) is 71.5 Å². The number of hydrogen-bond acceptors (Lipinski definition) is 5. The van der Waals surface area contributed by atoms with Crippen LogP contribution >= 0.6 is 36.6 Å². The van der Waals surface area contributed by atoms with E-state index in [4.69, 9.17) is 5.73 Å². The van der Waals surface area contributed by atoms with Crippen LogP contribution in [0.25, 0.3) is 11.1 Å². The van der Waals surface area contributed by atoms with E-state index in [0.717, 1.165) is 17.5 Å². The van der Waals surface area contributed by atoms with E-state index in [1.807, 2.05) is 0 Å². The van der Waals surface area contributed by atoms with Crippen LogP contribution in [0.15, 0.2) is 41.7 Å². The van der Waals surface area contributed by atoms with Gasteiger partial charge in [-0.25, -0.2) is 8.78 Å². The maximum absolute atomic E-state index is 14.4. The zero-order valence-corrected chi connectivity index (χ0v) is 16.6. The third kappa shape index (κ3) is 3.92. The Morgan fingerprint density at radius 2 is 1.96 bits per heavy atom. The summed E-state index contributed by atoms with van der Waals surface area (Å²) < 4.78 is 27.9. The Morgan fingerprint density at radius 3 is 2.70 bits per heavy atom. The molecule has 0 amide bonds. The first-order chi connectivity index (χ1) is 12.0. The molecule has 1 fully saturated rings. The van der Waals surface area contributed by atoms with Crippen molar-refractivity contribution in [3.63, 3.8) is 0 Å². The Balaban J connectivity index is 0.00000131. The highest BCUT2D eigenvalue weighted by Gasteiger charge is 2.50. The van der Waals surface area contributed by atoms with Crippen LogP contribution in [0, 0.1) is 17.6 Å². The summed E-state index contributed by atoms with van der Waals surface area (Å²) in [6, 6.07) is 5.98. The van der Waals surface area contributed by atoms with Crippen molar-refractivity contribution in [2.75, 3.05) is 5.75 Å². The largest absolute Gasteiger partial charge is 0.393 e. The first-order valence-corrected chi connectivity index (χ1v) is 9.03. The van der Waals surface area contributed by atoms with Crippen LogP contribution in [0.2, 0.25) is 0 Å². The third-order valence-electron chi connectivity index (χ3n) is 5.00. The summed E-state index contributed by atoms with van der Waals surface area (Å²) in [6.07, 6.45) is 3.13. The fraction of sp³-hybridized carbons (Fsp3) is 0.333. The highest BCUT2D eigenvalue weighted by molar-refractivity contribution is 8.13. The lowest BCUT2D eigenvalue weighted by molar-refractivity contribution is 0.173. The molecular weight excluding hydrogens is 415 g/mol. The molecule has 1 aromatic heterocycles. The number of rotatable bonds is 2. The summed E-state index contributed by atoms with van der Waals surface area (Å²) in [5.74, 6) is -0.0832. The highest BCUT2D eigenvalue weighted by Crippen LogP contribution is 2.51. The molecule has 4 nitrogen and oxygen atoms in total. The van der Waals surface area contributed by atoms with Crippen molar-refractivity contribution in [2.24, 2.45) is 16.6 Å². The lowest BCUT2D eigenvalue weighted by Gasteiger charge is -2.35. The van der Waals surface area contributed by atoms with E-state index in [0.29, 0.717) is 23.6 Å². The van der Waals surface area contributed by atoms with Crippen LogP contribution in [-0.2, 0) is 5.54 Å². The second kappa shape index (κ2) is 8.31. The van der Waals surface area contributed by atoms with Crippen molar-refractivity contribution in [1.29, 1.82) is 0 Å². The van der Waals surface area contributed by atoms with Crippen LogP contribution in [0.1, 0.15) is 18.4 Å². The van der Waals surface area contributed by atoms with Gasteiger partial charge < -0.3 is 10.8 Å². The predicted molar refractivity (Wildman–Crippen MR) is 109 cm³/mol. The minimum atomic E-state index is -0.655. The SMILES string of the molecule is Cl.Cl.NC1=NC2(c3ccc(F)c(-c4cncc(F)c4)c3)CC(O)CC2CS1. The molecule has 1 aliphatic carbocycles. The molecule has 3 unspecified atom stereocenters. The number of pyridine rings is 1. The smallest absolute Gasteiger partial charge is 0.154 e. The van der Waals surface area contributed by atoms with Gasteiger partial charge in [0, 0.05) is 35.4 Å². The molecule has 3 N–H and O–H groups in total. The second-order valence-corrected chi connectivity index (χ2v) is 7.60. The maximum Gasteiger partial charge on any atom is 0.154 e. The van der Waals surface area contributed by atoms with Gasteiger partial charge >= 0.3 is 0 Å². The molecular formula is C18H19Cl2F2N3OS. The average molecular weight is 434 g/mol. The molecule has 0 saturated heterocycles. The number of aliphatic hydroxyl groups is 1. The number of hydrogen-bond donors (Lipinski definition) is 2. The van der Waals surface area contributed by atoms with Gasteiger partial charge in [0.2, 0.25) is 0 Å². The molecule has 27 heavy (non-hydrogen) atoms. The standard InChI is InChI=1S/C18H17F2N3OS.2ClH/c19-13-3-10(7-22-8-13)15-5-11(1-2-16(15)20)18-6-14(24)4-12(18)9-25-17(21)23-18;;/h1-3,5,7-8,12,14,24H,4,6,9H2,(H2,21,23);2*1H. The molecule has 1 aromatic carbocycles. The van der Waals surface area contributed by atoms with Gasteiger partial charge in [-0.1, -0.05) is 17.8 Å². The summed E-state index contributed by atoms with van der Waals surface area (Å²) >= 11 is 1.48. The molecule has 0 radical (unpaired) electrons. The van der Waals surface area contributed by atoms with Crippen LogP contribution in [0.3, 0.4) is 0 Å². The number of aliphatic imine (C=N–C) groups is 1. The van der Waals surface area contributed by atoms with Crippen molar-refractivity contribution < 1.29 is 13.9 Å². The predicted octanol–water partition coefficient (Wildman–Crippen LogP) is 3.90. The van der Waals surface area contributed by atoms with Gasteiger partial charge in [0.25, 0.3) is 0 Å². The molecule has 4 rings (SSSR count). The minimum absolute atomic E-state index is 0. The lowest BCUT2D eigenvalue weighted by Crippen LogP contribution is -2.36. The number of fused-ring (bicyclic) bond motifs is 1. The number of aliphatic hydroxyl groups excluding tert-OH is 1. The number of halogens is 4. The minimum Gasteiger partial charge on any atom is -0.393 e. The van der Waals surface area contributed by atoms with E-state index < -0.39 is 23.3 Å². The van der Waals surface area contributed by atoms with Gasteiger partial charge in [-0.15, -0.1) is 24.8 Å². The van der Waals surface area contributed by atoms with Crippen molar-refractivity contribution in [3.8, 4) is 11.1 Å². The zero-order chi connectivity index (χ0) is 17.6. The zero-order valence-electron chi connectivity index (χ0n) is 14.1. The van der Waals surface area contributed by atoms with E-state index in [1.54, 1.807) is 12.1 Å². The van der Waals surface area contributed by atoms with E-state index in [-0.39, 0.29) is 36.3 Å².